The van der Waals surface area contributed by atoms with E-state index in [1.807, 2.05) is 17.9 Å². The molecule has 0 aromatic carbocycles. The highest BCUT2D eigenvalue weighted by atomic mass is 35.5. The number of hydrogen-bond donors (Lipinski definition) is 1. The van der Waals surface area contributed by atoms with E-state index in [1.165, 1.54) is 43.6 Å². The van der Waals surface area contributed by atoms with E-state index < -0.39 is 0 Å². The maximum absolute atomic E-state index is 4.08. The summed E-state index contributed by atoms with van der Waals surface area (Å²) < 4.78 is 1.90. The van der Waals surface area contributed by atoms with Crippen molar-refractivity contribution in [3.05, 3.63) is 34.3 Å². The van der Waals surface area contributed by atoms with Crippen molar-refractivity contribution in [2.24, 2.45) is 12.5 Å². The quantitative estimate of drug-likeness (QED) is 0.896. The Morgan fingerprint density at radius 2 is 2.22 bits per heavy atom. The van der Waals surface area contributed by atoms with E-state index in [4.69, 9.17) is 0 Å². The van der Waals surface area contributed by atoms with Gasteiger partial charge in [0.15, 0.2) is 0 Å². The van der Waals surface area contributed by atoms with Gasteiger partial charge in [-0.15, -0.1) is 17.5 Å². The molecule has 23 heavy (non-hydrogen) atoms. The number of hydrogen-bond acceptors (Lipinski definition) is 5. The van der Waals surface area contributed by atoms with Crippen molar-refractivity contribution in [2.75, 3.05) is 13.1 Å². The van der Waals surface area contributed by atoms with Crippen molar-refractivity contribution in [2.45, 2.75) is 38.4 Å². The number of nitrogens with one attached hydrogen (secondary N) is 1. The predicted octanol–water partition coefficient (Wildman–Crippen LogP) is 2.44. The Hall–Kier alpha value is -0.950. The zero-order valence-corrected chi connectivity index (χ0v) is 15.1. The Bertz CT molecular complexity index is 620. The van der Waals surface area contributed by atoms with Gasteiger partial charge < -0.3 is 5.32 Å². The number of halogens is 1. The van der Waals surface area contributed by atoms with Crippen molar-refractivity contribution >= 4 is 23.7 Å². The first-order valence-corrected chi connectivity index (χ1v) is 9.01. The van der Waals surface area contributed by atoms with Crippen molar-refractivity contribution in [3.8, 4) is 0 Å². The smallest absolute Gasteiger partial charge is 0.0738 e. The number of rotatable bonds is 5. The van der Waals surface area contributed by atoms with E-state index >= 15 is 0 Å². The third-order valence-corrected chi connectivity index (χ3v) is 6.06. The lowest BCUT2D eigenvalue weighted by Crippen LogP contribution is -2.36. The summed E-state index contributed by atoms with van der Waals surface area (Å²) in [4.78, 5) is 2.64. The van der Waals surface area contributed by atoms with Gasteiger partial charge in [0.1, 0.15) is 0 Å². The molecule has 0 amide bonds. The van der Waals surface area contributed by atoms with Gasteiger partial charge >= 0.3 is 0 Å². The topological polar surface area (TPSA) is 46.0 Å². The number of aryl methyl sites for hydroxylation is 1. The highest BCUT2D eigenvalue weighted by Gasteiger charge is 2.56. The number of nitrogens with zero attached hydrogens (tertiary/aromatic N) is 4. The van der Waals surface area contributed by atoms with Crippen molar-refractivity contribution < 1.29 is 0 Å². The van der Waals surface area contributed by atoms with E-state index in [9.17, 15) is 0 Å². The van der Waals surface area contributed by atoms with Crippen LogP contribution in [0, 0.1) is 5.41 Å². The number of piperidine rings is 1. The summed E-state index contributed by atoms with van der Waals surface area (Å²) in [6.45, 7) is 4.33. The van der Waals surface area contributed by atoms with Crippen LogP contribution in [0.4, 0.5) is 0 Å². The van der Waals surface area contributed by atoms with Crippen molar-refractivity contribution in [1.82, 2.24) is 25.2 Å². The third-order valence-electron chi connectivity index (χ3n) is 5.33. The van der Waals surface area contributed by atoms with Gasteiger partial charge in [-0.2, -0.15) is 11.3 Å². The van der Waals surface area contributed by atoms with Crippen LogP contribution < -0.4 is 5.32 Å². The molecule has 126 valence electrons. The summed E-state index contributed by atoms with van der Waals surface area (Å²) in [7, 11) is 1.98. The van der Waals surface area contributed by atoms with Crippen LogP contribution in [0.25, 0.3) is 0 Å². The van der Waals surface area contributed by atoms with Gasteiger partial charge in [0.25, 0.3) is 0 Å². The maximum atomic E-state index is 4.08. The Kier molecular flexibility index (Phi) is 5.06. The molecule has 1 saturated carbocycles. The highest BCUT2D eigenvalue weighted by Crippen LogP contribution is 2.56. The minimum absolute atomic E-state index is 0. The maximum Gasteiger partial charge on any atom is 0.0738 e. The largest absolute Gasteiger partial charge is 0.317 e. The minimum atomic E-state index is 0. The molecule has 1 atom stereocenters. The molecular weight excluding hydrogens is 330 g/mol. The summed E-state index contributed by atoms with van der Waals surface area (Å²) >= 11 is 1.79. The lowest BCUT2D eigenvalue weighted by atomic mass is 9.93. The monoisotopic (exact) mass is 353 g/mol. The van der Waals surface area contributed by atoms with Gasteiger partial charge in [-0.05, 0) is 60.2 Å². The lowest BCUT2D eigenvalue weighted by Gasteiger charge is -2.29. The van der Waals surface area contributed by atoms with Crippen LogP contribution in [0.1, 0.15) is 30.5 Å². The number of thiophene rings is 1. The van der Waals surface area contributed by atoms with Crippen LogP contribution in [0.2, 0.25) is 0 Å². The fourth-order valence-electron chi connectivity index (χ4n) is 3.86. The summed E-state index contributed by atoms with van der Waals surface area (Å²) in [6, 6.07) is 2.96. The highest BCUT2D eigenvalue weighted by molar-refractivity contribution is 7.07. The molecule has 4 rings (SSSR count). The standard InChI is InChI=1S/C16H23N5S.ClH/c1-20-14(9-18-19-20)11-21(10-13-2-7-22-12-13)15-8-16(15)3-5-17-6-4-16;/h2,7,9,12,15,17H,3-6,8,10-11H2,1H3;1H. The van der Waals surface area contributed by atoms with Crippen LogP contribution in [0.15, 0.2) is 23.0 Å². The van der Waals surface area contributed by atoms with E-state index in [1.54, 1.807) is 11.3 Å². The summed E-state index contributed by atoms with van der Waals surface area (Å²) in [5.41, 5.74) is 3.19. The first-order chi connectivity index (χ1) is 10.8. The molecule has 1 aliphatic carbocycles. The molecule has 1 unspecified atom stereocenters. The molecular formula is C16H24ClN5S. The molecule has 1 aliphatic heterocycles. The molecule has 2 aromatic rings. The van der Waals surface area contributed by atoms with Crippen LogP contribution in [-0.2, 0) is 20.1 Å². The predicted molar refractivity (Wildman–Crippen MR) is 94.8 cm³/mol. The van der Waals surface area contributed by atoms with Crippen LogP contribution in [-0.4, -0.2) is 39.0 Å². The van der Waals surface area contributed by atoms with Crippen LogP contribution in [0.3, 0.4) is 0 Å². The van der Waals surface area contributed by atoms with E-state index in [2.05, 4.69) is 37.4 Å². The van der Waals surface area contributed by atoms with Gasteiger partial charge in [0.05, 0.1) is 11.9 Å². The molecule has 0 bridgehead atoms. The van der Waals surface area contributed by atoms with Gasteiger partial charge in [-0.3, -0.25) is 9.58 Å². The molecule has 2 aliphatic rings. The van der Waals surface area contributed by atoms with Gasteiger partial charge in [-0.25, -0.2) is 0 Å². The summed E-state index contributed by atoms with van der Waals surface area (Å²) in [6.07, 6.45) is 5.89. The molecule has 1 N–H and O–H groups in total. The lowest BCUT2D eigenvalue weighted by molar-refractivity contribution is 0.184. The second kappa shape index (κ2) is 6.89. The molecule has 2 aromatic heterocycles. The zero-order chi connectivity index (χ0) is 15.0. The van der Waals surface area contributed by atoms with Crippen LogP contribution >= 0.6 is 23.7 Å². The molecule has 1 saturated heterocycles. The SMILES string of the molecule is Cl.Cn1nncc1CN(Cc1ccsc1)C1CC12CCNCC2. The molecule has 0 radical (unpaired) electrons. The molecule has 5 nitrogen and oxygen atoms in total. The van der Waals surface area contributed by atoms with Gasteiger partial charge in [0, 0.05) is 26.2 Å². The van der Waals surface area contributed by atoms with E-state index in [0.29, 0.717) is 11.5 Å². The average Bonchev–Trinajstić information content (AvgIpc) is 2.90. The summed E-state index contributed by atoms with van der Waals surface area (Å²) in [5, 5.41) is 16.1. The van der Waals surface area contributed by atoms with Crippen LogP contribution in [0.5, 0.6) is 0 Å². The molecule has 1 spiro atoms. The Balaban J connectivity index is 0.00000156. The zero-order valence-electron chi connectivity index (χ0n) is 13.4. The normalized spacial score (nSPS) is 22.3. The van der Waals surface area contributed by atoms with E-state index in [-0.39, 0.29) is 12.4 Å². The average molecular weight is 354 g/mol. The summed E-state index contributed by atoms with van der Waals surface area (Å²) in [5.74, 6) is 0. The fraction of sp³-hybridized carbons (Fsp3) is 0.625. The first kappa shape index (κ1) is 16.9. The Morgan fingerprint density at radius 1 is 1.39 bits per heavy atom. The van der Waals surface area contributed by atoms with E-state index in [0.717, 1.165) is 13.1 Å². The van der Waals surface area contributed by atoms with Gasteiger partial charge in [0.2, 0.25) is 0 Å². The second-order valence-electron chi connectivity index (χ2n) is 6.72. The Labute approximate surface area is 147 Å². The second-order valence-corrected chi connectivity index (χ2v) is 7.50. The fourth-order valence-corrected chi connectivity index (χ4v) is 4.52. The molecule has 2 fully saturated rings. The minimum Gasteiger partial charge on any atom is -0.317 e. The molecule has 7 heteroatoms. The van der Waals surface area contributed by atoms with Gasteiger partial charge in [-0.1, -0.05) is 5.21 Å². The van der Waals surface area contributed by atoms with Crippen molar-refractivity contribution in [1.29, 1.82) is 0 Å². The van der Waals surface area contributed by atoms with Crippen molar-refractivity contribution in [3.63, 3.8) is 0 Å². The Morgan fingerprint density at radius 3 is 2.87 bits per heavy atom. The number of aromatic nitrogens is 3. The molecule has 3 heterocycles. The first-order valence-electron chi connectivity index (χ1n) is 8.06. The third kappa shape index (κ3) is 3.45.